The molecule has 1 aliphatic rings. The molecule has 0 saturated carbocycles. The summed E-state index contributed by atoms with van der Waals surface area (Å²) in [6.07, 6.45) is -1.87. The van der Waals surface area contributed by atoms with E-state index in [0.717, 1.165) is 6.07 Å². The fourth-order valence-corrected chi connectivity index (χ4v) is 2.81. The van der Waals surface area contributed by atoms with Crippen molar-refractivity contribution in [1.29, 1.82) is 0 Å². The van der Waals surface area contributed by atoms with Crippen molar-refractivity contribution >= 4 is 22.9 Å². The average molecular weight is 376 g/mol. The van der Waals surface area contributed by atoms with E-state index in [1.165, 1.54) is 30.3 Å². The SMILES string of the molecule is O=C([O-])Oc1cc(=O)c2cc3c(cc2o1)OCc1cc(O)ccc1C3=O.[Na+]. The molecule has 0 amide bonds. The molecule has 0 atom stereocenters. The minimum Gasteiger partial charge on any atom is -0.508 e. The largest absolute Gasteiger partial charge is 1.00 e. The van der Waals surface area contributed by atoms with Crippen molar-refractivity contribution in [1.82, 2.24) is 0 Å². The maximum atomic E-state index is 12.8. The molecular formula is C18H9NaO8. The Bertz CT molecular complexity index is 1150. The first-order valence-electron chi connectivity index (χ1n) is 7.42. The second kappa shape index (κ2) is 7.07. The van der Waals surface area contributed by atoms with Crippen LogP contribution in [-0.4, -0.2) is 17.0 Å². The van der Waals surface area contributed by atoms with Crippen LogP contribution in [0.3, 0.4) is 0 Å². The molecule has 0 bridgehead atoms. The number of benzene rings is 2. The van der Waals surface area contributed by atoms with Crippen LogP contribution >= 0.6 is 0 Å². The molecule has 2 aromatic carbocycles. The molecule has 27 heavy (non-hydrogen) atoms. The van der Waals surface area contributed by atoms with Gasteiger partial charge in [0.15, 0.2) is 11.2 Å². The Morgan fingerprint density at radius 3 is 2.63 bits per heavy atom. The summed E-state index contributed by atoms with van der Waals surface area (Å²) in [6.45, 7) is 0.0213. The minimum atomic E-state index is -1.87. The van der Waals surface area contributed by atoms with Gasteiger partial charge >= 0.3 is 29.6 Å². The van der Waals surface area contributed by atoms with Crippen LogP contribution < -0.4 is 49.6 Å². The third kappa shape index (κ3) is 3.42. The first-order chi connectivity index (χ1) is 12.4. The first-order valence-corrected chi connectivity index (χ1v) is 7.42. The Morgan fingerprint density at radius 2 is 1.89 bits per heavy atom. The van der Waals surface area contributed by atoms with E-state index in [4.69, 9.17) is 9.15 Å². The van der Waals surface area contributed by atoms with E-state index in [0.29, 0.717) is 11.1 Å². The van der Waals surface area contributed by atoms with Gasteiger partial charge in [0.25, 0.3) is 6.16 Å². The van der Waals surface area contributed by atoms with Gasteiger partial charge in [-0.2, -0.15) is 0 Å². The zero-order chi connectivity index (χ0) is 18.4. The van der Waals surface area contributed by atoms with Crippen molar-refractivity contribution in [2.24, 2.45) is 0 Å². The second-order valence-corrected chi connectivity index (χ2v) is 5.59. The number of hydrogen-bond acceptors (Lipinski definition) is 8. The molecule has 9 heteroatoms. The number of carboxylic acid groups (broad SMARTS) is 1. The Morgan fingerprint density at radius 1 is 1.11 bits per heavy atom. The molecule has 0 saturated heterocycles. The van der Waals surface area contributed by atoms with Gasteiger partial charge < -0.3 is 28.9 Å². The Kier molecular flexibility index (Phi) is 4.97. The third-order valence-corrected chi connectivity index (χ3v) is 3.95. The summed E-state index contributed by atoms with van der Waals surface area (Å²) in [4.78, 5) is 35.5. The van der Waals surface area contributed by atoms with E-state index in [2.05, 4.69) is 4.74 Å². The molecule has 0 spiro atoms. The number of phenolic OH excluding ortho intramolecular Hbond substituents is 1. The molecule has 3 aromatic rings. The average Bonchev–Trinajstić information content (AvgIpc) is 2.70. The minimum absolute atomic E-state index is 0. The van der Waals surface area contributed by atoms with E-state index >= 15 is 0 Å². The van der Waals surface area contributed by atoms with Crippen molar-refractivity contribution in [2.75, 3.05) is 0 Å². The molecular weight excluding hydrogens is 367 g/mol. The maximum absolute atomic E-state index is 12.8. The van der Waals surface area contributed by atoms with Gasteiger partial charge in [0.1, 0.15) is 23.7 Å². The summed E-state index contributed by atoms with van der Waals surface area (Å²) in [5.74, 6) is -0.761. The van der Waals surface area contributed by atoms with Crippen molar-refractivity contribution in [3.8, 4) is 17.4 Å². The summed E-state index contributed by atoms with van der Waals surface area (Å²) >= 11 is 0. The van der Waals surface area contributed by atoms with Gasteiger partial charge in [-0.15, -0.1) is 0 Å². The monoisotopic (exact) mass is 376 g/mol. The number of carbonyl (C=O) groups excluding carboxylic acids is 2. The van der Waals surface area contributed by atoms with Gasteiger partial charge in [-0.25, -0.2) is 0 Å². The Labute approximate surface area is 173 Å². The molecule has 8 nitrogen and oxygen atoms in total. The first kappa shape index (κ1) is 19.0. The van der Waals surface area contributed by atoms with Crippen LogP contribution in [-0.2, 0) is 6.61 Å². The van der Waals surface area contributed by atoms with Crippen molar-refractivity contribution in [3.63, 3.8) is 0 Å². The smallest absolute Gasteiger partial charge is 0.508 e. The van der Waals surface area contributed by atoms with Crippen molar-refractivity contribution in [2.45, 2.75) is 6.61 Å². The summed E-state index contributed by atoms with van der Waals surface area (Å²) in [5.41, 5.74) is 0.405. The molecule has 1 aromatic heterocycles. The van der Waals surface area contributed by atoms with Crippen LogP contribution in [0, 0.1) is 0 Å². The standard InChI is InChI=1S/C18H10O8.Na/c19-9-1-2-10-8(3-9)7-24-14-6-15-11(4-12(14)17(10)21)13(20)5-16(25-15)26-18(22)23;/h1-6,19H,7H2,(H,22,23);/q;+1/p-1. The van der Waals surface area contributed by atoms with Crippen LogP contribution in [0.1, 0.15) is 21.5 Å². The molecule has 1 aliphatic heterocycles. The second-order valence-electron chi connectivity index (χ2n) is 5.59. The van der Waals surface area contributed by atoms with Crippen LogP contribution in [0.15, 0.2) is 45.6 Å². The number of ketones is 1. The summed E-state index contributed by atoms with van der Waals surface area (Å²) in [7, 11) is 0. The van der Waals surface area contributed by atoms with E-state index in [9.17, 15) is 24.6 Å². The summed E-state index contributed by atoms with van der Waals surface area (Å²) in [6, 6.07) is 7.78. The maximum Gasteiger partial charge on any atom is 1.00 e. The van der Waals surface area contributed by atoms with Gasteiger partial charge in [-0.1, -0.05) is 0 Å². The predicted octanol–water partition coefficient (Wildman–Crippen LogP) is -1.65. The predicted molar refractivity (Wildman–Crippen MR) is 84.4 cm³/mol. The quantitative estimate of drug-likeness (QED) is 0.395. The van der Waals surface area contributed by atoms with Crippen LogP contribution in [0.25, 0.3) is 11.0 Å². The number of carbonyl (C=O) groups is 2. The third-order valence-electron chi connectivity index (χ3n) is 3.95. The van der Waals surface area contributed by atoms with E-state index in [1.54, 1.807) is 0 Å². The van der Waals surface area contributed by atoms with Gasteiger partial charge in [0.05, 0.1) is 10.9 Å². The number of fused-ring (bicyclic) bond motifs is 3. The fraction of sp³-hybridized carbons (Fsp3) is 0.0556. The van der Waals surface area contributed by atoms with E-state index in [-0.39, 0.29) is 70.0 Å². The van der Waals surface area contributed by atoms with Crippen molar-refractivity contribution < 1.29 is 63.3 Å². The molecule has 0 radical (unpaired) electrons. The molecule has 2 heterocycles. The van der Waals surface area contributed by atoms with Gasteiger partial charge in [0, 0.05) is 23.3 Å². The van der Waals surface area contributed by atoms with Gasteiger partial charge in [0.2, 0.25) is 5.95 Å². The number of hydrogen-bond donors (Lipinski definition) is 1. The van der Waals surface area contributed by atoms with E-state index in [1.807, 2.05) is 0 Å². The molecule has 0 fully saturated rings. The zero-order valence-corrected chi connectivity index (χ0v) is 16.0. The molecule has 4 rings (SSSR count). The summed E-state index contributed by atoms with van der Waals surface area (Å²) < 4.78 is 15.1. The van der Waals surface area contributed by atoms with E-state index < -0.39 is 17.5 Å². The molecule has 0 unspecified atom stereocenters. The molecule has 1 N–H and O–H groups in total. The van der Waals surface area contributed by atoms with Crippen LogP contribution in [0.2, 0.25) is 0 Å². The Balaban J connectivity index is 0.00000210. The topological polar surface area (TPSA) is 126 Å². The molecule has 0 aliphatic carbocycles. The normalized spacial score (nSPS) is 12.2. The molecule has 130 valence electrons. The number of phenols is 1. The number of ether oxygens (including phenoxy) is 2. The fourth-order valence-electron chi connectivity index (χ4n) is 2.81. The number of rotatable bonds is 1. The van der Waals surface area contributed by atoms with Gasteiger partial charge in [-0.3, -0.25) is 9.59 Å². The Hall–Kier alpha value is -2.81. The van der Waals surface area contributed by atoms with Crippen molar-refractivity contribution in [3.05, 3.63) is 63.3 Å². The van der Waals surface area contributed by atoms with Crippen LogP contribution in [0.4, 0.5) is 4.79 Å². The van der Waals surface area contributed by atoms with Crippen LogP contribution in [0.5, 0.6) is 17.4 Å². The zero-order valence-electron chi connectivity index (χ0n) is 14.0. The number of aromatic hydroxyl groups is 1. The van der Waals surface area contributed by atoms with Gasteiger partial charge in [-0.05, 0) is 24.3 Å². The summed E-state index contributed by atoms with van der Waals surface area (Å²) in [5, 5.41) is 20.2.